The molecule has 1 aromatic carbocycles. The van der Waals surface area contributed by atoms with Gasteiger partial charge in [0.15, 0.2) is 0 Å². The molecule has 1 aromatic heterocycles. The van der Waals surface area contributed by atoms with Crippen molar-refractivity contribution in [1.82, 2.24) is 14.8 Å². The maximum Gasteiger partial charge on any atom is 0.212 e. The van der Waals surface area contributed by atoms with Crippen LogP contribution in [0, 0.1) is 6.92 Å². The van der Waals surface area contributed by atoms with E-state index >= 15 is 0 Å². The highest BCUT2D eigenvalue weighted by Crippen LogP contribution is 2.22. The lowest BCUT2D eigenvalue weighted by Crippen LogP contribution is -2.37. The molecule has 0 unspecified atom stereocenters. The molecule has 0 amide bonds. The topological polar surface area (TPSA) is 57.0 Å². The standard InChI is InChI=1S/C17H21N3O2/c1-5-22-17(3,4)16(21)15(20-12-18-11-19-20)10-14-9-7-6-8-13(14)2/h6-12H,5H2,1-4H3/b15-10-. The summed E-state index contributed by atoms with van der Waals surface area (Å²) in [7, 11) is 0. The molecular formula is C17H21N3O2. The van der Waals surface area contributed by atoms with E-state index in [2.05, 4.69) is 10.1 Å². The lowest BCUT2D eigenvalue weighted by molar-refractivity contribution is -0.133. The number of nitrogens with zero attached hydrogens (tertiary/aromatic N) is 3. The SMILES string of the molecule is CCOC(C)(C)C(=O)/C(=C/c1ccccc1C)n1cncn1. The van der Waals surface area contributed by atoms with Crippen molar-refractivity contribution in [1.29, 1.82) is 0 Å². The van der Waals surface area contributed by atoms with Gasteiger partial charge in [0, 0.05) is 6.61 Å². The Kier molecular flexibility index (Phi) is 4.88. The van der Waals surface area contributed by atoms with E-state index in [0.717, 1.165) is 11.1 Å². The van der Waals surface area contributed by atoms with Gasteiger partial charge < -0.3 is 4.74 Å². The second-order valence-corrected chi connectivity index (χ2v) is 5.50. The monoisotopic (exact) mass is 299 g/mol. The summed E-state index contributed by atoms with van der Waals surface area (Å²) in [6, 6.07) is 7.87. The number of ketones is 1. The van der Waals surface area contributed by atoms with E-state index in [-0.39, 0.29) is 5.78 Å². The van der Waals surface area contributed by atoms with Crippen LogP contribution in [0.5, 0.6) is 0 Å². The molecule has 0 saturated carbocycles. The number of rotatable bonds is 6. The Bertz CT molecular complexity index is 673. The summed E-state index contributed by atoms with van der Waals surface area (Å²) < 4.78 is 7.07. The zero-order valence-electron chi connectivity index (χ0n) is 13.4. The number of ether oxygens (including phenoxy) is 1. The van der Waals surface area contributed by atoms with Gasteiger partial charge in [-0.2, -0.15) is 5.10 Å². The van der Waals surface area contributed by atoms with Crippen molar-refractivity contribution in [3.8, 4) is 0 Å². The Labute approximate surface area is 130 Å². The van der Waals surface area contributed by atoms with Crippen LogP contribution in [-0.2, 0) is 9.53 Å². The third-order valence-corrected chi connectivity index (χ3v) is 3.43. The Morgan fingerprint density at radius 1 is 1.36 bits per heavy atom. The highest BCUT2D eigenvalue weighted by Gasteiger charge is 2.32. The van der Waals surface area contributed by atoms with Crippen LogP contribution in [0.4, 0.5) is 0 Å². The zero-order valence-corrected chi connectivity index (χ0v) is 13.4. The van der Waals surface area contributed by atoms with Crippen molar-refractivity contribution in [3.63, 3.8) is 0 Å². The molecule has 0 aliphatic carbocycles. The molecule has 0 aliphatic rings. The third-order valence-electron chi connectivity index (χ3n) is 3.43. The number of aromatic nitrogens is 3. The van der Waals surface area contributed by atoms with Gasteiger partial charge in [-0.1, -0.05) is 24.3 Å². The Balaban J connectivity index is 2.50. The first kappa shape index (κ1) is 16.1. The van der Waals surface area contributed by atoms with Crippen molar-refractivity contribution >= 4 is 17.6 Å². The third kappa shape index (κ3) is 3.49. The van der Waals surface area contributed by atoms with Gasteiger partial charge in [0.25, 0.3) is 0 Å². The smallest absolute Gasteiger partial charge is 0.212 e. The lowest BCUT2D eigenvalue weighted by Gasteiger charge is -2.24. The number of Topliss-reactive ketones (excluding diaryl/α,β-unsaturated/α-hetero) is 1. The van der Waals surface area contributed by atoms with E-state index in [1.807, 2.05) is 44.2 Å². The molecule has 1 heterocycles. The first-order valence-corrected chi connectivity index (χ1v) is 7.27. The predicted molar refractivity (Wildman–Crippen MR) is 86.1 cm³/mol. The van der Waals surface area contributed by atoms with Gasteiger partial charge in [-0.3, -0.25) is 4.79 Å². The fourth-order valence-electron chi connectivity index (χ4n) is 2.20. The average Bonchev–Trinajstić information content (AvgIpc) is 2.99. The van der Waals surface area contributed by atoms with Gasteiger partial charge in [-0.15, -0.1) is 0 Å². The van der Waals surface area contributed by atoms with Gasteiger partial charge in [0.05, 0.1) is 0 Å². The molecule has 0 fully saturated rings. The maximum atomic E-state index is 12.9. The summed E-state index contributed by atoms with van der Waals surface area (Å²) in [6.45, 7) is 7.87. The molecule has 5 nitrogen and oxygen atoms in total. The number of hydrogen-bond donors (Lipinski definition) is 0. The van der Waals surface area contributed by atoms with Crippen LogP contribution in [0.2, 0.25) is 0 Å². The van der Waals surface area contributed by atoms with Crippen molar-refractivity contribution in [2.45, 2.75) is 33.3 Å². The van der Waals surface area contributed by atoms with Crippen molar-refractivity contribution in [2.24, 2.45) is 0 Å². The fourth-order valence-corrected chi connectivity index (χ4v) is 2.20. The molecule has 2 rings (SSSR count). The normalized spacial score (nSPS) is 12.5. The van der Waals surface area contributed by atoms with Crippen molar-refractivity contribution < 1.29 is 9.53 Å². The molecule has 0 N–H and O–H groups in total. The van der Waals surface area contributed by atoms with Crippen LogP contribution in [0.1, 0.15) is 31.9 Å². The van der Waals surface area contributed by atoms with Gasteiger partial charge in [-0.25, -0.2) is 9.67 Å². The fraction of sp³-hybridized carbons (Fsp3) is 0.353. The lowest BCUT2D eigenvalue weighted by atomic mass is 9.98. The summed E-state index contributed by atoms with van der Waals surface area (Å²) in [5.41, 5.74) is 1.57. The van der Waals surface area contributed by atoms with Crippen LogP contribution >= 0.6 is 0 Å². The number of aryl methyl sites for hydroxylation is 1. The molecule has 0 radical (unpaired) electrons. The highest BCUT2D eigenvalue weighted by atomic mass is 16.5. The van der Waals surface area contributed by atoms with E-state index in [1.165, 1.54) is 17.3 Å². The number of hydrogen-bond acceptors (Lipinski definition) is 4. The summed E-state index contributed by atoms with van der Waals surface area (Å²) in [6.07, 6.45) is 4.75. The average molecular weight is 299 g/mol. The van der Waals surface area contributed by atoms with Crippen LogP contribution in [-0.4, -0.2) is 32.8 Å². The molecule has 0 saturated heterocycles. The Hall–Kier alpha value is -2.27. The molecule has 22 heavy (non-hydrogen) atoms. The molecule has 116 valence electrons. The minimum atomic E-state index is -0.921. The maximum absolute atomic E-state index is 12.9. The highest BCUT2D eigenvalue weighted by molar-refractivity contribution is 6.23. The second-order valence-electron chi connectivity index (χ2n) is 5.50. The summed E-state index contributed by atoms with van der Waals surface area (Å²) in [5, 5.41) is 4.10. The van der Waals surface area contributed by atoms with Crippen LogP contribution in [0.25, 0.3) is 11.8 Å². The molecule has 0 aliphatic heterocycles. The van der Waals surface area contributed by atoms with Crippen LogP contribution in [0.3, 0.4) is 0 Å². The first-order valence-electron chi connectivity index (χ1n) is 7.27. The minimum Gasteiger partial charge on any atom is -0.368 e. The molecule has 0 spiro atoms. The summed E-state index contributed by atoms with van der Waals surface area (Å²) >= 11 is 0. The molecule has 5 heteroatoms. The van der Waals surface area contributed by atoms with E-state index in [0.29, 0.717) is 12.3 Å². The molecule has 2 aromatic rings. The number of carbonyl (C=O) groups excluding carboxylic acids is 1. The molecule has 0 bridgehead atoms. The van der Waals surface area contributed by atoms with Crippen molar-refractivity contribution in [3.05, 3.63) is 48.0 Å². The van der Waals surface area contributed by atoms with Gasteiger partial charge >= 0.3 is 0 Å². The quantitative estimate of drug-likeness (QED) is 0.769. The van der Waals surface area contributed by atoms with Gasteiger partial charge in [-0.05, 0) is 44.9 Å². The number of benzene rings is 1. The zero-order chi connectivity index (χ0) is 16.2. The predicted octanol–water partition coefficient (Wildman–Crippen LogP) is 2.97. The van der Waals surface area contributed by atoms with Crippen LogP contribution in [0.15, 0.2) is 36.9 Å². The van der Waals surface area contributed by atoms with Crippen molar-refractivity contribution in [2.75, 3.05) is 6.61 Å². The van der Waals surface area contributed by atoms with Gasteiger partial charge in [0.1, 0.15) is 24.0 Å². The van der Waals surface area contributed by atoms with Gasteiger partial charge in [0.2, 0.25) is 5.78 Å². The molecule has 0 atom stereocenters. The Morgan fingerprint density at radius 3 is 2.68 bits per heavy atom. The van der Waals surface area contributed by atoms with Crippen LogP contribution < -0.4 is 0 Å². The largest absolute Gasteiger partial charge is 0.368 e. The minimum absolute atomic E-state index is 0.136. The number of carbonyl (C=O) groups is 1. The van der Waals surface area contributed by atoms with E-state index in [1.54, 1.807) is 13.8 Å². The first-order chi connectivity index (χ1) is 10.5. The molecular weight excluding hydrogens is 278 g/mol. The summed E-state index contributed by atoms with van der Waals surface area (Å²) in [5.74, 6) is -0.136. The van der Waals surface area contributed by atoms with E-state index in [4.69, 9.17) is 4.74 Å². The Morgan fingerprint density at radius 2 is 2.09 bits per heavy atom. The summed E-state index contributed by atoms with van der Waals surface area (Å²) in [4.78, 5) is 16.8. The van der Waals surface area contributed by atoms with E-state index < -0.39 is 5.60 Å². The van der Waals surface area contributed by atoms with E-state index in [9.17, 15) is 4.79 Å². The second kappa shape index (κ2) is 6.66.